The highest BCUT2D eigenvalue weighted by atomic mass is 32.2. The van der Waals surface area contributed by atoms with Gasteiger partial charge in [0.25, 0.3) is 0 Å². The molecule has 2 fully saturated rings. The molecule has 0 aromatic heterocycles. The molecule has 2 saturated carbocycles. The summed E-state index contributed by atoms with van der Waals surface area (Å²) in [5.41, 5.74) is 0. The Bertz CT molecular complexity index is 425. The minimum atomic E-state index is -3.03. The van der Waals surface area contributed by atoms with E-state index in [0.29, 0.717) is 25.4 Å². The van der Waals surface area contributed by atoms with Crippen molar-refractivity contribution in [3.8, 4) is 0 Å². The maximum absolute atomic E-state index is 12.5. The maximum Gasteiger partial charge on any atom is 0.164 e. The molecule has 0 bridgehead atoms. The van der Waals surface area contributed by atoms with E-state index in [4.69, 9.17) is 4.74 Å². The fourth-order valence-corrected chi connectivity index (χ4v) is 4.23. The van der Waals surface area contributed by atoms with Gasteiger partial charge in [-0.1, -0.05) is 6.42 Å². The Morgan fingerprint density at radius 2 is 1.95 bits per heavy atom. The number of sulfone groups is 1. The van der Waals surface area contributed by atoms with Crippen molar-refractivity contribution in [1.29, 1.82) is 0 Å². The monoisotopic (exact) mass is 288 g/mol. The topological polar surface area (TPSA) is 60.4 Å². The maximum atomic E-state index is 12.5. The normalized spacial score (nSPS) is 30.0. The van der Waals surface area contributed by atoms with Gasteiger partial charge in [-0.05, 0) is 44.9 Å². The average Bonchev–Trinajstić information content (AvgIpc) is 3.18. The summed E-state index contributed by atoms with van der Waals surface area (Å²) in [5, 5.41) is -0.336. The van der Waals surface area contributed by atoms with E-state index < -0.39 is 9.84 Å². The summed E-state index contributed by atoms with van der Waals surface area (Å²) >= 11 is 0. The number of ether oxygens (including phenoxy) is 1. The van der Waals surface area contributed by atoms with Crippen LogP contribution in [0.15, 0.2) is 0 Å². The van der Waals surface area contributed by atoms with E-state index in [1.165, 1.54) is 6.26 Å². The Morgan fingerprint density at radius 3 is 2.47 bits per heavy atom. The van der Waals surface area contributed by atoms with Gasteiger partial charge in [-0.25, -0.2) is 8.42 Å². The molecule has 2 aliphatic rings. The standard InChI is InChI=1S/C14H24O4S/c1-3-18-14(10-7-8-10)13(15)11-5-4-6-12(9-11)19(2,16)17/h10-12,14H,3-9H2,1-2H3. The Balaban J connectivity index is 2.01. The van der Waals surface area contributed by atoms with Crippen molar-refractivity contribution in [2.75, 3.05) is 12.9 Å². The Labute approximate surface area is 115 Å². The minimum absolute atomic E-state index is 0.120. The second kappa shape index (κ2) is 5.92. The third kappa shape index (κ3) is 3.78. The zero-order valence-electron chi connectivity index (χ0n) is 11.8. The van der Waals surface area contributed by atoms with Crippen molar-refractivity contribution >= 4 is 15.6 Å². The molecule has 0 amide bonds. The first-order valence-electron chi connectivity index (χ1n) is 7.27. The summed E-state index contributed by atoms with van der Waals surface area (Å²) in [5.74, 6) is 0.411. The number of carbonyl (C=O) groups is 1. The zero-order chi connectivity index (χ0) is 14.0. The van der Waals surface area contributed by atoms with E-state index in [-0.39, 0.29) is 23.1 Å². The molecule has 0 spiro atoms. The largest absolute Gasteiger partial charge is 0.370 e. The first-order valence-corrected chi connectivity index (χ1v) is 9.23. The minimum Gasteiger partial charge on any atom is -0.370 e. The van der Waals surface area contributed by atoms with Gasteiger partial charge in [0.05, 0.1) is 5.25 Å². The van der Waals surface area contributed by atoms with Crippen LogP contribution < -0.4 is 0 Å². The first-order chi connectivity index (χ1) is 8.93. The number of hydrogen-bond acceptors (Lipinski definition) is 4. The molecule has 19 heavy (non-hydrogen) atoms. The lowest BCUT2D eigenvalue weighted by atomic mass is 9.83. The lowest BCUT2D eigenvalue weighted by Gasteiger charge is -2.29. The average molecular weight is 288 g/mol. The van der Waals surface area contributed by atoms with E-state index in [1.807, 2.05) is 6.92 Å². The number of hydrogen-bond donors (Lipinski definition) is 0. The SMILES string of the molecule is CCOC(C(=O)C1CCCC(S(C)(=O)=O)C1)C1CC1. The Kier molecular flexibility index (Phi) is 4.66. The zero-order valence-corrected chi connectivity index (χ0v) is 12.6. The predicted octanol–water partition coefficient (Wildman–Crippen LogP) is 1.97. The first kappa shape index (κ1) is 15.0. The number of rotatable bonds is 6. The van der Waals surface area contributed by atoms with Crippen molar-refractivity contribution in [3.05, 3.63) is 0 Å². The van der Waals surface area contributed by atoms with Crippen molar-refractivity contribution in [3.63, 3.8) is 0 Å². The van der Waals surface area contributed by atoms with Gasteiger partial charge in [0.1, 0.15) is 15.9 Å². The number of Topliss-reactive ketones (excluding diaryl/α,β-unsaturated/α-hetero) is 1. The molecule has 110 valence electrons. The highest BCUT2D eigenvalue weighted by molar-refractivity contribution is 7.91. The predicted molar refractivity (Wildman–Crippen MR) is 73.7 cm³/mol. The molecule has 2 rings (SSSR count). The van der Waals surface area contributed by atoms with E-state index >= 15 is 0 Å². The van der Waals surface area contributed by atoms with Crippen LogP contribution in [0.4, 0.5) is 0 Å². The van der Waals surface area contributed by atoms with Crippen LogP contribution in [-0.2, 0) is 19.4 Å². The van der Waals surface area contributed by atoms with Crippen molar-refractivity contribution in [1.82, 2.24) is 0 Å². The molecule has 0 aromatic carbocycles. The molecule has 0 saturated heterocycles. The fourth-order valence-electron chi connectivity index (χ4n) is 3.05. The summed E-state index contributed by atoms with van der Waals surface area (Å²) < 4.78 is 28.9. The van der Waals surface area contributed by atoms with Crippen LogP contribution in [0.1, 0.15) is 45.4 Å². The van der Waals surface area contributed by atoms with Gasteiger partial charge >= 0.3 is 0 Å². The molecule has 0 radical (unpaired) electrons. The van der Waals surface area contributed by atoms with Gasteiger partial charge in [-0.2, -0.15) is 0 Å². The number of ketones is 1. The fraction of sp³-hybridized carbons (Fsp3) is 0.929. The van der Waals surface area contributed by atoms with Crippen LogP contribution in [0, 0.1) is 11.8 Å². The van der Waals surface area contributed by atoms with Crippen molar-refractivity contribution < 1.29 is 17.9 Å². The van der Waals surface area contributed by atoms with Crippen LogP contribution in [0.3, 0.4) is 0 Å². The second-order valence-corrected chi connectivity index (χ2v) is 8.26. The van der Waals surface area contributed by atoms with Crippen molar-refractivity contribution in [2.24, 2.45) is 11.8 Å². The Morgan fingerprint density at radius 1 is 1.26 bits per heavy atom. The quantitative estimate of drug-likeness (QED) is 0.750. The van der Waals surface area contributed by atoms with Crippen LogP contribution >= 0.6 is 0 Å². The van der Waals surface area contributed by atoms with Gasteiger partial charge in [-0.15, -0.1) is 0 Å². The lowest BCUT2D eigenvalue weighted by molar-refractivity contribution is -0.136. The summed E-state index contributed by atoms with van der Waals surface area (Å²) in [7, 11) is -3.03. The molecule has 4 nitrogen and oxygen atoms in total. The van der Waals surface area contributed by atoms with Gasteiger partial charge in [0.2, 0.25) is 0 Å². The summed E-state index contributed by atoms with van der Waals surface area (Å²) in [6, 6.07) is 0. The lowest BCUT2D eigenvalue weighted by Crippen LogP contribution is -2.38. The molecule has 3 atom stereocenters. The van der Waals surface area contributed by atoms with E-state index in [1.54, 1.807) is 0 Å². The van der Waals surface area contributed by atoms with Gasteiger partial charge in [0, 0.05) is 18.8 Å². The van der Waals surface area contributed by atoms with E-state index in [2.05, 4.69) is 0 Å². The van der Waals surface area contributed by atoms with Crippen LogP contribution in [0.25, 0.3) is 0 Å². The van der Waals surface area contributed by atoms with Gasteiger partial charge in [-0.3, -0.25) is 4.79 Å². The summed E-state index contributed by atoms with van der Waals surface area (Å²) in [4.78, 5) is 12.5. The van der Waals surface area contributed by atoms with Crippen LogP contribution in [0.2, 0.25) is 0 Å². The molecule has 3 unspecified atom stereocenters. The van der Waals surface area contributed by atoms with Gasteiger partial charge in [0.15, 0.2) is 5.78 Å². The number of carbonyl (C=O) groups excluding carboxylic acids is 1. The molecule has 0 N–H and O–H groups in total. The Hall–Kier alpha value is -0.420. The molecular formula is C14H24O4S. The molecule has 0 aromatic rings. The van der Waals surface area contributed by atoms with Crippen molar-refractivity contribution in [2.45, 2.75) is 56.8 Å². The molecular weight excluding hydrogens is 264 g/mol. The summed E-state index contributed by atoms with van der Waals surface area (Å²) in [6.07, 6.45) is 5.98. The van der Waals surface area contributed by atoms with E-state index in [0.717, 1.165) is 25.7 Å². The molecule has 2 aliphatic carbocycles. The molecule has 0 heterocycles. The van der Waals surface area contributed by atoms with Crippen LogP contribution in [-0.4, -0.2) is 38.4 Å². The highest BCUT2D eigenvalue weighted by Crippen LogP contribution is 2.38. The summed E-state index contributed by atoms with van der Waals surface area (Å²) in [6.45, 7) is 2.46. The third-order valence-electron chi connectivity index (χ3n) is 4.31. The van der Waals surface area contributed by atoms with Gasteiger partial charge < -0.3 is 4.74 Å². The molecule has 5 heteroatoms. The van der Waals surface area contributed by atoms with E-state index in [9.17, 15) is 13.2 Å². The third-order valence-corrected chi connectivity index (χ3v) is 5.95. The van der Waals surface area contributed by atoms with Crippen LogP contribution in [0.5, 0.6) is 0 Å². The second-order valence-electron chi connectivity index (χ2n) is 5.93. The smallest absolute Gasteiger partial charge is 0.164 e. The highest BCUT2D eigenvalue weighted by Gasteiger charge is 2.41. The molecule has 0 aliphatic heterocycles.